The Hall–Kier alpha value is -1.92. The summed E-state index contributed by atoms with van der Waals surface area (Å²) in [5.74, 6) is -2.30. The standard InChI is InChI=1S/C15H16F3NO6S2/c1-2-13(19-3-5-26(22,23)6-4-19)27(24,25)12-8-10(14(20)21)7-11(9-12)15(16,17)18/h2,7-9,13H,1,3-6H2,(H,20,21). The summed E-state index contributed by atoms with van der Waals surface area (Å²) in [5, 5.41) is 7.52. The first-order valence-electron chi connectivity index (χ1n) is 7.54. The van der Waals surface area contributed by atoms with E-state index < -0.39 is 53.2 Å². The van der Waals surface area contributed by atoms with Gasteiger partial charge < -0.3 is 5.11 Å². The van der Waals surface area contributed by atoms with E-state index in [-0.39, 0.29) is 24.6 Å². The van der Waals surface area contributed by atoms with E-state index in [0.717, 1.165) is 6.08 Å². The molecule has 0 saturated carbocycles. The maximum atomic E-state index is 13.0. The van der Waals surface area contributed by atoms with Gasteiger partial charge in [-0.25, -0.2) is 21.6 Å². The van der Waals surface area contributed by atoms with Crippen LogP contribution in [0.5, 0.6) is 0 Å². The van der Waals surface area contributed by atoms with Crippen LogP contribution in [0, 0.1) is 0 Å². The summed E-state index contributed by atoms with van der Waals surface area (Å²) >= 11 is 0. The number of nitrogens with zero attached hydrogens (tertiary/aromatic N) is 1. The van der Waals surface area contributed by atoms with Gasteiger partial charge in [-0.15, -0.1) is 6.58 Å². The normalized spacial score (nSPS) is 19.4. The molecule has 27 heavy (non-hydrogen) atoms. The number of carboxylic acid groups (broad SMARTS) is 1. The van der Waals surface area contributed by atoms with Crippen molar-refractivity contribution in [3.63, 3.8) is 0 Å². The minimum atomic E-state index is -4.95. The quantitative estimate of drug-likeness (QED) is 0.708. The summed E-state index contributed by atoms with van der Waals surface area (Å²) in [6.45, 7) is 3.11. The van der Waals surface area contributed by atoms with Crippen LogP contribution in [0.2, 0.25) is 0 Å². The number of rotatable bonds is 5. The highest BCUT2D eigenvalue weighted by atomic mass is 32.2. The monoisotopic (exact) mass is 427 g/mol. The zero-order valence-electron chi connectivity index (χ0n) is 13.8. The molecule has 0 bridgehead atoms. The first kappa shape index (κ1) is 21.4. The summed E-state index contributed by atoms with van der Waals surface area (Å²) in [7, 11) is -7.79. The minimum Gasteiger partial charge on any atom is -0.478 e. The van der Waals surface area contributed by atoms with Gasteiger partial charge in [-0.2, -0.15) is 13.2 Å². The van der Waals surface area contributed by atoms with E-state index in [0.29, 0.717) is 18.2 Å². The molecule has 1 saturated heterocycles. The lowest BCUT2D eigenvalue weighted by Gasteiger charge is -2.32. The van der Waals surface area contributed by atoms with Gasteiger partial charge in [-0.1, -0.05) is 6.08 Å². The van der Waals surface area contributed by atoms with E-state index in [1.54, 1.807) is 0 Å². The van der Waals surface area contributed by atoms with Crippen LogP contribution in [0.1, 0.15) is 15.9 Å². The summed E-state index contributed by atoms with van der Waals surface area (Å²) < 4.78 is 87.8. The molecule has 1 fully saturated rings. The molecular formula is C15H16F3NO6S2. The Morgan fingerprint density at radius 3 is 2.22 bits per heavy atom. The Kier molecular flexibility index (Phi) is 5.74. The number of sulfone groups is 2. The molecule has 1 aliphatic heterocycles. The fourth-order valence-corrected chi connectivity index (χ4v) is 5.59. The second-order valence-corrected chi connectivity index (χ2v) is 10.3. The van der Waals surface area contributed by atoms with Gasteiger partial charge in [-0.05, 0) is 18.2 Å². The summed E-state index contributed by atoms with van der Waals surface area (Å²) in [5.41, 5.74) is -2.24. The van der Waals surface area contributed by atoms with E-state index in [1.807, 2.05) is 0 Å². The molecule has 7 nitrogen and oxygen atoms in total. The third kappa shape index (κ3) is 4.68. The average Bonchev–Trinajstić information content (AvgIpc) is 2.55. The van der Waals surface area contributed by atoms with Crippen LogP contribution in [0.4, 0.5) is 13.2 Å². The number of carbonyl (C=O) groups is 1. The Morgan fingerprint density at radius 2 is 1.78 bits per heavy atom. The summed E-state index contributed by atoms with van der Waals surface area (Å²) in [6, 6.07) is 1.35. The largest absolute Gasteiger partial charge is 0.478 e. The number of carboxylic acids is 1. The third-order valence-electron chi connectivity index (χ3n) is 4.07. The van der Waals surface area contributed by atoms with Crippen LogP contribution >= 0.6 is 0 Å². The molecular weight excluding hydrogens is 411 g/mol. The smallest absolute Gasteiger partial charge is 0.416 e. The number of aromatic carboxylic acids is 1. The first-order valence-corrected chi connectivity index (χ1v) is 10.9. The Labute approximate surface area is 153 Å². The molecule has 0 aliphatic carbocycles. The van der Waals surface area contributed by atoms with Crippen LogP contribution < -0.4 is 0 Å². The number of benzene rings is 1. The maximum absolute atomic E-state index is 13.0. The zero-order chi connectivity index (χ0) is 20.6. The van der Waals surface area contributed by atoms with Gasteiger partial charge in [0.25, 0.3) is 0 Å². The molecule has 1 atom stereocenters. The Morgan fingerprint density at radius 1 is 1.22 bits per heavy atom. The van der Waals surface area contributed by atoms with E-state index in [9.17, 15) is 34.8 Å². The molecule has 0 radical (unpaired) electrons. The molecule has 1 heterocycles. The number of hydrogen-bond acceptors (Lipinski definition) is 6. The van der Waals surface area contributed by atoms with Crippen molar-refractivity contribution in [2.75, 3.05) is 24.6 Å². The fourth-order valence-electron chi connectivity index (χ4n) is 2.64. The molecule has 12 heteroatoms. The van der Waals surface area contributed by atoms with Crippen molar-refractivity contribution in [1.82, 2.24) is 4.90 Å². The van der Waals surface area contributed by atoms with Crippen molar-refractivity contribution in [3.8, 4) is 0 Å². The predicted molar refractivity (Wildman–Crippen MR) is 89.8 cm³/mol. The van der Waals surface area contributed by atoms with Crippen molar-refractivity contribution in [2.24, 2.45) is 0 Å². The van der Waals surface area contributed by atoms with Gasteiger partial charge in [0.05, 0.1) is 27.5 Å². The fraction of sp³-hybridized carbons (Fsp3) is 0.400. The second kappa shape index (κ2) is 7.24. The maximum Gasteiger partial charge on any atom is 0.416 e. The number of halogens is 3. The van der Waals surface area contributed by atoms with Gasteiger partial charge in [-0.3, -0.25) is 4.90 Å². The molecule has 150 valence electrons. The molecule has 0 amide bonds. The summed E-state index contributed by atoms with van der Waals surface area (Å²) in [4.78, 5) is 11.6. The third-order valence-corrected chi connectivity index (χ3v) is 7.70. The van der Waals surface area contributed by atoms with Crippen LogP contribution in [-0.2, 0) is 25.9 Å². The van der Waals surface area contributed by atoms with Crippen LogP contribution in [0.3, 0.4) is 0 Å². The van der Waals surface area contributed by atoms with E-state index in [1.165, 1.54) is 4.90 Å². The highest BCUT2D eigenvalue weighted by Crippen LogP contribution is 2.33. The molecule has 1 aliphatic rings. The van der Waals surface area contributed by atoms with Crippen LogP contribution in [-0.4, -0.2) is 62.8 Å². The SMILES string of the molecule is C=CC(N1CCS(=O)(=O)CC1)S(=O)(=O)c1cc(C(=O)O)cc(C(F)(F)F)c1. The van der Waals surface area contributed by atoms with E-state index in [2.05, 4.69) is 6.58 Å². The molecule has 0 aromatic heterocycles. The number of hydrogen-bond donors (Lipinski definition) is 1. The molecule has 2 rings (SSSR count). The Balaban J connectivity index is 2.52. The molecule has 0 spiro atoms. The lowest BCUT2D eigenvalue weighted by Crippen LogP contribution is -2.48. The van der Waals surface area contributed by atoms with Crippen LogP contribution in [0.25, 0.3) is 0 Å². The van der Waals surface area contributed by atoms with Gasteiger partial charge in [0.15, 0.2) is 19.7 Å². The molecule has 1 unspecified atom stereocenters. The van der Waals surface area contributed by atoms with Crippen molar-refractivity contribution in [2.45, 2.75) is 16.4 Å². The van der Waals surface area contributed by atoms with Crippen molar-refractivity contribution in [1.29, 1.82) is 0 Å². The van der Waals surface area contributed by atoms with E-state index >= 15 is 0 Å². The predicted octanol–water partition coefficient (Wildman–Crippen LogP) is 1.42. The highest BCUT2D eigenvalue weighted by Gasteiger charge is 2.37. The molecule has 1 aromatic rings. The van der Waals surface area contributed by atoms with Crippen molar-refractivity contribution in [3.05, 3.63) is 42.0 Å². The average molecular weight is 427 g/mol. The lowest BCUT2D eigenvalue weighted by molar-refractivity contribution is -0.137. The molecule has 1 N–H and O–H groups in total. The van der Waals surface area contributed by atoms with E-state index in [4.69, 9.17) is 5.11 Å². The lowest BCUT2D eigenvalue weighted by atomic mass is 10.1. The minimum absolute atomic E-state index is 0.136. The first-order chi connectivity index (χ1) is 12.3. The Bertz CT molecular complexity index is 956. The second-order valence-electron chi connectivity index (χ2n) is 5.91. The van der Waals surface area contributed by atoms with Crippen molar-refractivity contribution < 1.29 is 39.9 Å². The topological polar surface area (TPSA) is 109 Å². The number of alkyl halides is 3. The molecule has 1 aromatic carbocycles. The van der Waals surface area contributed by atoms with Gasteiger partial charge in [0.1, 0.15) is 5.37 Å². The van der Waals surface area contributed by atoms with Crippen molar-refractivity contribution >= 4 is 25.6 Å². The van der Waals surface area contributed by atoms with Gasteiger partial charge >= 0.3 is 12.1 Å². The summed E-state index contributed by atoms with van der Waals surface area (Å²) in [6.07, 6.45) is -3.97. The van der Waals surface area contributed by atoms with Crippen LogP contribution in [0.15, 0.2) is 35.7 Å². The van der Waals surface area contributed by atoms with Gasteiger partial charge in [0, 0.05) is 13.1 Å². The van der Waals surface area contributed by atoms with Gasteiger partial charge in [0.2, 0.25) is 0 Å². The zero-order valence-corrected chi connectivity index (χ0v) is 15.4. The highest BCUT2D eigenvalue weighted by molar-refractivity contribution is 7.92.